The molecule has 140 valence electrons. The van der Waals surface area contributed by atoms with Crippen LogP contribution in [0.2, 0.25) is 0 Å². The van der Waals surface area contributed by atoms with E-state index in [0.717, 1.165) is 16.5 Å². The minimum atomic E-state index is -0.215. The van der Waals surface area contributed by atoms with Crippen molar-refractivity contribution in [2.24, 2.45) is 0 Å². The van der Waals surface area contributed by atoms with E-state index in [0.29, 0.717) is 16.9 Å². The molecule has 0 unspecified atom stereocenters. The molecule has 0 saturated carbocycles. The molecule has 1 N–H and O–H groups in total. The van der Waals surface area contributed by atoms with E-state index < -0.39 is 0 Å². The lowest BCUT2D eigenvalue weighted by atomic mass is 10.1. The van der Waals surface area contributed by atoms with Gasteiger partial charge in [-0.3, -0.25) is 14.6 Å². The fourth-order valence-electron chi connectivity index (χ4n) is 3.15. The summed E-state index contributed by atoms with van der Waals surface area (Å²) in [6.07, 6.45) is 4.70. The van der Waals surface area contributed by atoms with E-state index in [9.17, 15) is 9.59 Å². The number of hydrogen-bond donors (Lipinski definition) is 1. The number of H-pyrrole nitrogens is 1. The van der Waals surface area contributed by atoms with E-state index >= 15 is 0 Å². The van der Waals surface area contributed by atoms with Gasteiger partial charge in [0.05, 0.1) is 24.9 Å². The van der Waals surface area contributed by atoms with Gasteiger partial charge in [-0.15, -0.1) is 0 Å². The molecule has 3 aromatic heterocycles. The van der Waals surface area contributed by atoms with E-state index in [1.807, 2.05) is 31.2 Å². The first-order valence-corrected chi connectivity index (χ1v) is 8.94. The van der Waals surface area contributed by atoms with Crippen LogP contribution < -0.4 is 5.56 Å². The van der Waals surface area contributed by atoms with Crippen molar-refractivity contribution in [1.82, 2.24) is 14.9 Å². The van der Waals surface area contributed by atoms with Crippen molar-refractivity contribution in [1.29, 1.82) is 0 Å². The first kappa shape index (κ1) is 17.7. The van der Waals surface area contributed by atoms with Crippen molar-refractivity contribution in [3.63, 3.8) is 0 Å². The highest BCUT2D eigenvalue weighted by Crippen LogP contribution is 2.17. The number of hydrogen-bond acceptors (Lipinski definition) is 4. The largest absolute Gasteiger partial charge is 0.467 e. The molecule has 0 aliphatic heterocycles. The second-order valence-corrected chi connectivity index (χ2v) is 6.70. The Morgan fingerprint density at radius 3 is 2.79 bits per heavy atom. The lowest BCUT2D eigenvalue weighted by molar-refractivity contribution is 0.0716. The van der Waals surface area contributed by atoms with Gasteiger partial charge in [0.1, 0.15) is 5.76 Å². The fraction of sp³-hybridized carbons (Fsp3) is 0.136. The summed E-state index contributed by atoms with van der Waals surface area (Å²) in [4.78, 5) is 34.2. The van der Waals surface area contributed by atoms with Gasteiger partial charge in [-0.2, -0.15) is 0 Å². The number of carbonyl (C=O) groups is 1. The van der Waals surface area contributed by atoms with Crippen LogP contribution in [0.5, 0.6) is 0 Å². The van der Waals surface area contributed by atoms with E-state index in [2.05, 4.69) is 9.97 Å². The molecule has 6 heteroatoms. The van der Waals surface area contributed by atoms with Gasteiger partial charge >= 0.3 is 0 Å². The number of rotatable bonds is 5. The van der Waals surface area contributed by atoms with Gasteiger partial charge < -0.3 is 14.3 Å². The summed E-state index contributed by atoms with van der Waals surface area (Å²) in [5, 5.41) is 0.923. The molecule has 0 fully saturated rings. The van der Waals surface area contributed by atoms with Crippen molar-refractivity contribution in [3.05, 3.63) is 100.0 Å². The number of aromatic amines is 1. The normalized spacial score (nSPS) is 10.9. The van der Waals surface area contributed by atoms with Crippen LogP contribution in [0.4, 0.5) is 0 Å². The summed E-state index contributed by atoms with van der Waals surface area (Å²) in [7, 11) is 0. The van der Waals surface area contributed by atoms with Gasteiger partial charge in [0, 0.05) is 23.5 Å². The topological polar surface area (TPSA) is 79.2 Å². The van der Waals surface area contributed by atoms with E-state index in [-0.39, 0.29) is 24.6 Å². The standard InChI is InChI=1S/C22H19N3O3/c1-15-6-7-16-11-18(21(26)24-20(16)10-15)13-25(14-19-5-3-9-28-19)22(27)17-4-2-8-23-12-17/h2-12H,13-14H2,1H3,(H,24,26). The predicted octanol–water partition coefficient (Wildman–Crippen LogP) is 3.67. The molecular weight excluding hydrogens is 354 g/mol. The van der Waals surface area contributed by atoms with E-state index in [1.54, 1.807) is 41.6 Å². The maximum Gasteiger partial charge on any atom is 0.256 e. The zero-order valence-corrected chi connectivity index (χ0v) is 15.4. The first-order valence-electron chi connectivity index (χ1n) is 8.94. The molecule has 4 aromatic rings. The average Bonchev–Trinajstić information content (AvgIpc) is 3.21. The third-order valence-electron chi connectivity index (χ3n) is 4.56. The Labute approximate surface area is 161 Å². The quantitative estimate of drug-likeness (QED) is 0.579. The Balaban J connectivity index is 1.70. The number of fused-ring (bicyclic) bond motifs is 1. The second-order valence-electron chi connectivity index (χ2n) is 6.70. The van der Waals surface area contributed by atoms with Crippen LogP contribution in [0.15, 0.2) is 76.4 Å². The smallest absolute Gasteiger partial charge is 0.256 e. The Hall–Kier alpha value is -3.67. The number of pyridine rings is 2. The number of furan rings is 1. The SMILES string of the molecule is Cc1ccc2cc(CN(Cc3ccco3)C(=O)c3cccnc3)c(=O)[nH]c2c1. The van der Waals surface area contributed by atoms with Crippen LogP contribution in [-0.2, 0) is 13.1 Å². The molecule has 4 rings (SSSR count). The van der Waals surface area contributed by atoms with Crippen LogP contribution in [0, 0.1) is 6.92 Å². The number of nitrogens with zero attached hydrogens (tertiary/aromatic N) is 2. The molecule has 0 bridgehead atoms. The molecule has 1 amide bonds. The van der Waals surface area contributed by atoms with Gasteiger partial charge in [0.25, 0.3) is 11.5 Å². The number of amides is 1. The molecule has 0 atom stereocenters. The molecule has 0 radical (unpaired) electrons. The predicted molar refractivity (Wildman–Crippen MR) is 106 cm³/mol. The maximum absolute atomic E-state index is 13.0. The summed E-state index contributed by atoms with van der Waals surface area (Å²) in [5.41, 5.74) is 2.62. The van der Waals surface area contributed by atoms with Crippen molar-refractivity contribution >= 4 is 16.8 Å². The molecule has 1 aromatic carbocycles. The van der Waals surface area contributed by atoms with Gasteiger partial charge in [-0.1, -0.05) is 12.1 Å². The molecule has 0 aliphatic rings. The summed E-state index contributed by atoms with van der Waals surface area (Å²) in [6.45, 7) is 2.39. The highest BCUT2D eigenvalue weighted by atomic mass is 16.3. The molecule has 6 nitrogen and oxygen atoms in total. The molecular formula is C22H19N3O3. The van der Waals surface area contributed by atoms with Crippen molar-refractivity contribution in [3.8, 4) is 0 Å². The Morgan fingerprint density at radius 2 is 2.04 bits per heavy atom. The zero-order chi connectivity index (χ0) is 19.5. The fourth-order valence-corrected chi connectivity index (χ4v) is 3.15. The highest BCUT2D eigenvalue weighted by Gasteiger charge is 2.19. The average molecular weight is 373 g/mol. The third kappa shape index (κ3) is 3.71. The molecule has 0 aliphatic carbocycles. The van der Waals surface area contributed by atoms with E-state index in [4.69, 9.17) is 4.42 Å². The van der Waals surface area contributed by atoms with Crippen LogP contribution in [0.3, 0.4) is 0 Å². The lowest BCUT2D eigenvalue weighted by Crippen LogP contribution is -2.32. The second kappa shape index (κ2) is 7.52. The van der Waals surface area contributed by atoms with Gasteiger partial charge in [-0.05, 0) is 54.3 Å². The monoisotopic (exact) mass is 373 g/mol. The minimum Gasteiger partial charge on any atom is -0.467 e. The number of nitrogens with one attached hydrogen (secondary N) is 1. The van der Waals surface area contributed by atoms with Crippen molar-refractivity contribution in [2.45, 2.75) is 20.0 Å². The van der Waals surface area contributed by atoms with Crippen molar-refractivity contribution < 1.29 is 9.21 Å². The van der Waals surface area contributed by atoms with Crippen LogP contribution in [0.1, 0.15) is 27.2 Å². The molecule has 28 heavy (non-hydrogen) atoms. The molecule has 0 saturated heterocycles. The number of benzene rings is 1. The summed E-state index contributed by atoms with van der Waals surface area (Å²) in [6, 6.07) is 14.7. The molecule has 3 heterocycles. The summed E-state index contributed by atoms with van der Waals surface area (Å²) >= 11 is 0. The number of carbonyl (C=O) groups excluding carboxylic acids is 1. The highest BCUT2D eigenvalue weighted by molar-refractivity contribution is 5.93. The van der Waals surface area contributed by atoms with Crippen LogP contribution in [0.25, 0.3) is 10.9 Å². The van der Waals surface area contributed by atoms with Crippen LogP contribution in [-0.4, -0.2) is 20.8 Å². The summed E-state index contributed by atoms with van der Waals surface area (Å²) in [5.74, 6) is 0.429. The Bertz CT molecular complexity index is 1160. The zero-order valence-electron chi connectivity index (χ0n) is 15.4. The number of aryl methyl sites for hydroxylation is 1. The molecule has 0 spiro atoms. The van der Waals surface area contributed by atoms with Crippen LogP contribution >= 0.6 is 0 Å². The third-order valence-corrected chi connectivity index (χ3v) is 4.56. The van der Waals surface area contributed by atoms with Gasteiger partial charge in [0.15, 0.2) is 0 Å². The Morgan fingerprint density at radius 1 is 1.14 bits per heavy atom. The lowest BCUT2D eigenvalue weighted by Gasteiger charge is -2.21. The van der Waals surface area contributed by atoms with Crippen molar-refractivity contribution in [2.75, 3.05) is 0 Å². The summed E-state index contributed by atoms with van der Waals surface area (Å²) < 4.78 is 5.41. The maximum atomic E-state index is 13.0. The minimum absolute atomic E-state index is 0.160. The van der Waals surface area contributed by atoms with Gasteiger partial charge in [-0.25, -0.2) is 0 Å². The Kier molecular flexibility index (Phi) is 4.76. The number of aromatic nitrogens is 2. The first-order chi connectivity index (χ1) is 13.6. The van der Waals surface area contributed by atoms with E-state index in [1.165, 1.54) is 6.20 Å². The van der Waals surface area contributed by atoms with Gasteiger partial charge in [0.2, 0.25) is 0 Å².